The molecule has 0 unspecified atom stereocenters. The van der Waals surface area contributed by atoms with Crippen LogP contribution in [0.2, 0.25) is 0 Å². The quantitative estimate of drug-likeness (QED) is 0.618. The zero-order chi connectivity index (χ0) is 13.8. The molecule has 2 aromatic rings. The molecule has 2 heterocycles. The van der Waals surface area contributed by atoms with Crippen LogP contribution in [-0.4, -0.2) is 32.7 Å². The first-order valence-corrected chi connectivity index (χ1v) is 6.41. The number of hydrogen-bond acceptors (Lipinski definition) is 8. The van der Waals surface area contributed by atoms with Crippen LogP contribution in [-0.2, 0) is 4.74 Å². The highest BCUT2D eigenvalue weighted by atomic mass is 32.2. The van der Waals surface area contributed by atoms with Crippen LogP contribution in [0.5, 0.6) is 0 Å². The van der Waals surface area contributed by atoms with Crippen LogP contribution in [0.3, 0.4) is 0 Å². The lowest BCUT2D eigenvalue weighted by atomic mass is 10.4. The molecule has 0 bridgehead atoms. The predicted molar refractivity (Wildman–Crippen MR) is 65.9 cm³/mol. The van der Waals surface area contributed by atoms with Crippen molar-refractivity contribution in [3.63, 3.8) is 0 Å². The smallest absolute Gasteiger partial charge is 0.396 e. The first-order valence-electron chi connectivity index (χ1n) is 5.59. The minimum absolute atomic E-state index is 0.160. The van der Waals surface area contributed by atoms with Gasteiger partial charge in [0.2, 0.25) is 0 Å². The van der Waals surface area contributed by atoms with E-state index in [2.05, 4.69) is 20.2 Å². The van der Waals surface area contributed by atoms with Crippen molar-refractivity contribution in [1.29, 1.82) is 0 Å². The molecule has 0 aromatic carbocycles. The van der Waals surface area contributed by atoms with Gasteiger partial charge in [0, 0.05) is 5.69 Å². The standard InChI is InChI=1S/C11H12N4O3S/c1-4-17-10(16)9-14-15-11(18-9)19-8-5-6(2)12-7(3)13-8/h5H,4H2,1-3H3. The second kappa shape index (κ2) is 5.79. The largest absolute Gasteiger partial charge is 0.459 e. The average molecular weight is 280 g/mol. The van der Waals surface area contributed by atoms with Gasteiger partial charge in [0.15, 0.2) is 0 Å². The molecule has 0 N–H and O–H groups in total. The van der Waals surface area contributed by atoms with Gasteiger partial charge < -0.3 is 9.15 Å². The van der Waals surface area contributed by atoms with Gasteiger partial charge in [-0.15, -0.1) is 5.10 Å². The Bertz CT molecular complexity index is 579. The van der Waals surface area contributed by atoms with Gasteiger partial charge in [0.1, 0.15) is 10.9 Å². The van der Waals surface area contributed by atoms with Crippen LogP contribution in [0.1, 0.15) is 29.1 Å². The monoisotopic (exact) mass is 280 g/mol. The molecule has 19 heavy (non-hydrogen) atoms. The first kappa shape index (κ1) is 13.5. The van der Waals surface area contributed by atoms with Crippen LogP contribution in [0, 0.1) is 13.8 Å². The summed E-state index contributed by atoms with van der Waals surface area (Å²) in [6.45, 7) is 5.63. The van der Waals surface area contributed by atoms with E-state index in [4.69, 9.17) is 9.15 Å². The van der Waals surface area contributed by atoms with Gasteiger partial charge in [0.25, 0.3) is 5.22 Å². The van der Waals surface area contributed by atoms with E-state index in [1.807, 2.05) is 6.92 Å². The van der Waals surface area contributed by atoms with Crippen LogP contribution >= 0.6 is 11.8 Å². The molecule has 8 heteroatoms. The molecule has 0 fully saturated rings. The second-order valence-electron chi connectivity index (χ2n) is 3.59. The molecular formula is C11H12N4O3S. The Kier molecular flexibility index (Phi) is 4.10. The summed E-state index contributed by atoms with van der Waals surface area (Å²) in [5.41, 5.74) is 0.847. The van der Waals surface area contributed by atoms with Crippen molar-refractivity contribution in [3.8, 4) is 0 Å². The molecule has 0 aliphatic rings. The van der Waals surface area contributed by atoms with Crippen LogP contribution < -0.4 is 0 Å². The Balaban J connectivity index is 2.13. The lowest BCUT2D eigenvalue weighted by molar-refractivity contribution is 0.0475. The number of hydrogen-bond donors (Lipinski definition) is 0. The number of nitrogens with zero attached hydrogens (tertiary/aromatic N) is 4. The van der Waals surface area contributed by atoms with Crippen LogP contribution in [0.4, 0.5) is 0 Å². The van der Waals surface area contributed by atoms with Gasteiger partial charge >= 0.3 is 11.9 Å². The van der Waals surface area contributed by atoms with Crippen molar-refractivity contribution in [2.24, 2.45) is 0 Å². The van der Waals surface area contributed by atoms with Crippen LogP contribution in [0.15, 0.2) is 20.7 Å². The molecule has 0 spiro atoms. The van der Waals surface area contributed by atoms with E-state index in [0.717, 1.165) is 5.69 Å². The Morgan fingerprint density at radius 2 is 2.16 bits per heavy atom. The fourth-order valence-electron chi connectivity index (χ4n) is 1.35. The number of carbonyl (C=O) groups excluding carboxylic acids is 1. The fourth-order valence-corrected chi connectivity index (χ4v) is 2.14. The summed E-state index contributed by atoms with van der Waals surface area (Å²) >= 11 is 1.17. The van der Waals surface area contributed by atoms with Crippen molar-refractivity contribution in [1.82, 2.24) is 20.2 Å². The van der Waals surface area contributed by atoms with E-state index >= 15 is 0 Å². The number of esters is 1. The van der Waals surface area contributed by atoms with E-state index in [1.54, 1.807) is 19.9 Å². The van der Waals surface area contributed by atoms with Crippen molar-refractivity contribution in [2.45, 2.75) is 31.0 Å². The Morgan fingerprint density at radius 3 is 2.84 bits per heavy atom. The summed E-state index contributed by atoms with van der Waals surface area (Å²) < 4.78 is 9.95. The Labute approximate surface area is 113 Å². The molecule has 0 radical (unpaired) electrons. The number of aromatic nitrogens is 4. The van der Waals surface area contributed by atoms with Crippen molar-refractivity contribution < 1.29 is 13.9 Å². The Hall–Kier alpha value is -1.96. The number of aryl methyl sites for hydroxylation is 2. The van der Waals surface area contributed by atoms with E-state index in [-0.39, 0.29) is 17.7 Å². The molecule has 0 saturated carbocycles. The lowest BCUT2D eigenvalue weighted by Crippen LogP contribution is -2.04. The van der Waals surface area contributed by atoms with Gasteiger partial charge in [0.05, 0.1) is 6.61 Å². The summed E-state index contributed by atoms with van der Waals surface area (Å²) in [4.78, 5) is 19.8. The number of carbonyl (C=O) groups is 1. The zero-order valence-corrected chi connectivity index (χ0v) is 11.5. The summed E-state index contributed by atoms with van der Waals surface area (Å²) in [6.07, 6.45) is 0. The number of ether oxygens (including phenoxy) is 1. The minimum Gasteiger partial charge on any atom is -0.459 e. The molecule has 0 aliphatic heterocycles. The van der Waals surface area contributed by atoms with Gasteiger partial charge in [-0.05, 0) is 38.6 Å². The summed E-state index contributed by atoms with van der Waals surface area (Å²) in [7, 11) is 0. The molecule has 0 atom stereocenters. The van der Waals surface area contributed by atoms with E-state index < -0.39 is 5.97 Å². The maximum atomic E-state index is 11.4. The maximum absolute atomic E-state index is 11.4. The fraction of sp³-hybridized carbons (Fsp3) is 0.364. The summed E-state index contributed by atoms with van der Waals surface area (Å²) in [5.74, 6) is -0.128. The van der Waals surface area contributed by atoms with Gasteiger partial charge in [-0.1, -0.05) is 5.10 Å². The molecule has 0 amide bonds. The third-order valence-electron chi connectivity index (χ3n) is 1.99. The van der Waals surface area contributed by atoms with E-state index in [1.165, 1.54) is 11.8 Å². The van der Waals surface area contributed by atoms with E-state index in [0.29, 0.717) is 10.9 Å². The summed E-state index contributed by atoms with van der Waals surface area (Å²) in [5, 5.41) is 8.30. The van der Waals surface area contributed by atoms with Crippen molar-refractivity contribution >= 4 is 17.7 Å². The SMILES string of the molecule is CCOC(=O)c1nnc(Sc2cc(C)nc(C)n2)o1. The van der Waals surface area contributed by atoms with Crippen LogP contribution in [0.25, 0.3) is 0 Å². The van der Waals surface area contributed by atoms with Gasteiger partial charge in [-0.2, -0.15) is 0 Å². The zero-order valence-electron chi connectivity index (χ0n) is 10.7. The first-order chi connectivity index (χ1) is 9.08. The molecule has 0 saturated heterocycles. The molecule has 0 aliphatic carbocycles. The normalized spacial score (nSPS) is 10.5. The highest BCUT2D eigenvalue weighted by Gasteiger charge is 2.17. The molecule has 2 rings (SSSR count). The topological polar surface area (TPSA) is 91.0 Å². The van der Waals surface area contributed by atoms with E-state index in [9.17, 15) is 4.79 Å². The average Bonchev–Trinajstić information content (AvgIpc) is 2.76. The second-order valence-corrected chi connectivity index (χ2v) is 4.56. The highest BCUT2D eigenvalue weighted by molar-refractivity contribution is 7.99. The third-order valence-corrected chi connectivity index (χ3v) is 2.75. The minimum atomic E-state index is -0.628. The molecule has 100 valence electrons. The highest BCUT2D eigenvalue weighted by Crippen LogP contribution is 2.25. The third kappa shape index (κ3) is 3.50. The Morgan fingerprint density at radius 1 is 1.37 bits per heavy atom. The molecule has 7 nitrogen and oxygen atoms in total. The van der Waals surface area contributed by atoms with Crippen molar-refractivity contribution in [2.75, 3.05) is 6.61 Å². The predicted octanol–water partition coefficient (Wildman–Crippen LogP) is 1.80. The van der Waals surface area contributed by atoms with Gasteiger partial charge in [-0.3, -0.25) is 0 Å². The maximum Gasteiger partial charge on any atom is 0.396 e. The summed E-state index contributed by atoms with van der Waals surface area (Å²) in [6, 6.07) is 1.80. The lowest BCUT2D eigenvalue weighted by Gasteiger charge is -1.99. The molecular weight excluding hydrogens is 268 g/mol. The molecule has 2 aromatic heterocycles. The van der Waals surface area contributed by atoms with Gasteiger partial charge in [-0.25, -0.2) is 14.8 Å². The van der Waals surface area contributed by atoms with Crippen molar-refractivity contribution in [3.05, 3.63) is 23.5 Å². The number of rotatable bonds is 4.